The van der Waals surface area contributed by atoms with Crippen LogP contribution in [0.2, 0.25) is 0 Å². The summed E-state index contributed by atoms with van der Waals surface area (Å²) in [5.74, 6) is -0.420. The molecule has 1 aromatic rings. The van der Waals surface area contributed by atoms with Crippen molar-refractivity contribution in [3.63, 3.8) is 0 Å². The lowest BCUT2D eigenvalue weighted by Gasteiger charge is -2.32. The van der Waals surface area contributed by atoms with E-state index in [1.165, 1.54) is 0 Å². The average Bonchev–Trinajstić information content (AvgIpc) is 3.56. The number of carbonyl (C=O) groups is 4. The first kappa shape index (κ1) is 21.3. The molecule has 166 valence electrons. The van der Waals surface area contributed by atoms with E-state index in [1.54, 1.807) is 11.8 Å². The van der Waals surface area contributed by atoms with Crippen LogP contribution in [0, 0.1) is 12.8 Å². The van der Waals surface area contributed by atoms with Gasteiger partial charge in [-0.05, 0) is 44.7 Å². The van der Waals surface area contributed by atoms with Gasteiger partial charge in [0.15, 0.2) is 6.54 Å². The molecule has 1 saturated carbocycles. The van der Waals surface area contributed by atoms with Crippen molar-refractivity contribution >= 4 is 29.4 Å². The second-order valence-electron chi connectivity index (χ2n) is 9.02. The number of nitrogens with one attached hydrogen (secondary N) is 3. The molecule has 31 heavy (non-hydrogen) atoms. The molecule has 5 amide bonds. The van der Waals surface area contributed by atoms with E-state index in [4.69, 9.17) is 0 Å². The van der Waals surface area contributed by atoms with Crippen LogP contribution < -0.4 is 15.5 Å². The molecule has 1 aromatic carbocycles. The number of urea groups is 1. The molecule has 3 aliphatic rings. The van der Waals surface area contributed by atoms with Gasteiger partial charge in [-0.3, -0.25) is 19.3 Å². The molecule has 3 fully saturated rings. The Balaban J connectivity index is 1.23. The van der Waals surface area contributed by atoms with Gasteiger partial charge in [-0.25, -0.2) is 4.79 Å². The highest BCUT2D eigenvalue weighted by molar-refractivity contribution is 6.09. The van der Waals surface area contributed by atoms with Gasteiger partial charge in [-0.1, -0.05) is 17.7 Å². The fraction of sp³-hybridized carbons (Fsp3) is 0.545. The van der Waals surface area contributed by atoms with Gasteiger partial charge in [-0.2, -0.15) is 0 Å². The quantitative estimate of drug-likeness (QED) is 0.526. The Kier molecular flexibility index (Phi) is 5.70. The van der Waals surface area contributed by atoms with Gasteiger partial charge >= 0.3 is 6.03 Å². The first-order valence-electron chi connectivity index (χ1n) is 10.9. The summed E-state index contributed by atoms with van der Waals surface area (Å²) >= 11 is 0. The van der Waals surface area contributed by atoms with Crippen molar-refractivity contribution in [1.29, 1.82) is 0 Å². The third-order valence-corrected chi connectivity index (χ3v) is 6.56. The Bertz CT molecular complexity index is 890. The minimum absolute atomic E-state index is 0.0580. The molecular formula is C22H30N5O4+. The van der Waals surface area contributed by atoms with Crippen LogP contribution in [-0.2, 0) is 14.4 Å². The molecule has 2 saturated heterocycles. The topological polar surface area (TPSA) is 103 Å². The van der Waals surface area contributed by atoms with E-state index < -0.39 is 11.6 Å². The molecule has 0 bridgehead atoms. The molecule has 0 unspecified atom stereocenters. The number of quaternary nitrogens is 1. The average molecular weight is 429 g/mol. The summed E-state index contributed by atoms with van der Waals surface area (Å²) in [6.45, 7) is 6.14. The number of benzene rings is 1. The summed E-state index contributed by atoms with van der Waals surface area (Å²) in [5.41, 5.74) is 1.04. The molecule has 4 rings (SSSR count). The summed E-state index contributed by atoms with van der Waals surface area (Å²) < 4.78 is 0. The van der Waals surface area contributed by atoms with Gasteiger partial charge in [0, 0.05) is 5.69 Å². The highest BCUT2D eigenvalue weighted by Crippen LogP contribution is 2.42. The van der Waals surface area contributed by atoms with Crippen LogP contribution in [0.5, 0.6) is 0 Å². The van der Waals surface area contributed by atoms with Gasteiger partial charge in [0.1, 0.15) is 12.1 Å². The Hall–Kier alpha value is -2.94. The van der Waals surface area contributed by atoms with Crippen molar-refractivity contribution < 1.29 is 24.1 Å². The summed E-state index contributed by atoms with van der Waals surface area (Å²) in [6.07, 6.45) is 1.85. The molecule has 0 aromatic heterocycles. The van der Waals surface area contributed by atoms with Crippen LogP contribution in [0.15, 0.2) is 24.3 Å². The van der Waals surface area contributed by atoms with Gasteiger partial charge < -0.3 is 20.4 Å². The normalized spacial score (nSPS) is 24.3. The monoisotopic (exact) mass is 428 g/mol. The van der Waals surface area contributed by atoms with E-state index >= 15 is 0 Å². The summed E-state index contributed by atoms with van der Waals surface area (Å²) in [6, 6.07) is 7.17. The van der Waals surface area contributed by atoms with Crippen LogP contribution in [-0.4, -0.2) is 78.4 Å². The summed E-state index contributed by atoms with van der Waals surface area (Å²) in [4.78, 5) is 53.8. The van der Waals surface area contributed by atoms with Crippen LogP contribution in [0.1, 0.15) is 25.3 Å². The number of anilines is 1. The van der Waals surface area contributed by atoms with Crippen LogP contribution in [0.3, 0.4) is 0 Å². The smallest absolute Gasteiger partial charge is 0.325 e. The summed E-state index contributed by atoms with van der Waals surface area (Å²) in [5, 5.41) is 5.67. The molecule has 0 radical (unpaired) electrons. The number of piperazine rings is 1. The van der Waals surface area contributed by atoms with Crippen molar-refractivity contribution in [3.05, 3.63) is 29.8 Å². The fourth-order valence-electron chi connectivity index (χ4n) is 4.35. The zero-order valence-electron chi connectivity index (χ0n) is 18.1. The first-order chi connectivity index (χ1) is 14.8. The van der Waals surface area contributed by atoms with E-state index in [0.29, 0.717) is 32.7 Å². The molecule has 2 heterocycles. The first-order valence-corrected chi connectivity index (χ1v) is 10.9. The minimum atomic E-state index is -0.870. The SMILES string of the molecule is Cc1ccc(NC(=O)C[NH+]2CCN(C(=O)CN3C(=O)N[C@@](C)(C4CC4)C3=O)CC2)cc1. The van der Waals surface area contributed by atoms with Crippen molar-refractivity contribution in [1.82, 2.24) is 15.1 Å². The van der Waals surface area contributed by atoms with Crippen LogP contribution >= 0.6 is 0 Å². The number of amides is 5. The molecule has 3 N–H and O–H groups in total. The molecule has 1 atom stereocenters. The zero-order valence-corrected chi connectivity index (χ0v) is 18.1. The van der Waals surface area contributed by atoms with Crippen LogP contribution in [0.4, 0.5) is 10.5 Å². The van der Waals surface area contributed by atoms with Gasteiger partial charge in [0.25, 0.3) is 11.8 Å². The predicted molar refractivity (Wildman–Crippen MR) is 113 cm³/mol. The maximum Gasteiger partial charge on any atom is 0.325 e. The van der Waals surface area contributed by atoms with Crippen molar-refractivity contribution in [2.45, 2.75) is 32.2 Å². The zero-order chi connectivity index (χ0) is 22.2. The fourth-order valence-corrected chi connectivity index (χ4v) is 4.35. The highest BCUT2D eigenvalue weighted by Gasteiger charge is 2.56. The third kappa shape index (κ3) is 4.56. The molecule has 2 aliphatic heterocycles. The Morgan fingerprint density at radius 2 is 1.81 bits per heavy atom. The van der Waals surface area contributed by atoms with Crippen LogP contribution in [0.25, 0.3) is 0 Å². The summed E-state index contributed by atoms with van der Waals surface area (Å²) in [7, 11) is 0. The van der Waals surface area contributed by atoms with E-state index in [1.807, 2.05) is 31.2 Å². The molecule has 0 spiro atoms. The second kappa shape index (κ2) is 8.30. The van der Waals surface area contributed by atoms with E-state index in [9.17, 15) is 19.2 Å². The second-order valence-corrected chi connectivity index (χ2v) is 9.02. The van der Waals surface area contributed by atoms with Gasteiger partial charge in [-0.15, -0.1) is 0 Å². The number of hydrogen-bond acceptors (Lipinski definition) is 4. The maximum absolute atomic E-state index is 12.7. The van der Waals surface area contributed by atoms with Gasteiger partial charge in [0.2, 0.25) is 5.91 Å². The number of hydrogen-bond donors (Lipinski definition) is 3. The lowest BCUT2D eigenvalue weighted by Crippen LogP contribution is -3.15. The molecule has 1 aliphatic carbocycles. The molecular weight excluding hydrogens is 398 g/mol. The Labute approximate surface area is 181 Å². The number of nitrogens with zero attached hydrogens (tertiary/aromatic N) is 2. The van der Waals surface area contributed by atoms with Crippen molar-refractivity contribution in [2.75, 3.05) is 44.6 Å². The predicted octanol–water partition coefficient (Wildman–Crippen LogP) is -0.619. The number of rotatable bonds is 6. The number of imide groups is 1. The minimum Gasteiger partial charge on any atom is -0.330 e. The lowest BCUT2D eigenvalue weighted by atomic mass is 9.96. The largest absolute Gasteiger partial charge is 0.330 e. The lowest BCUT2D eigenvalue weighted by molar-refractivity contribution is -0.895. The van der Waals surface area contributed by atoms with E-state index in [-0.39, 0.29) is 30.2 Å². The Morgan fingerprint density at radius 1 is 1.16 bits per heavy atom. The standard InChI is InChI=1S/C22H29N5O4/c1-15-3-7-17(8-4-15)23-18(28)13-25-9-11-26(12-10-25)19(29)14-27-20(30)22(2,16-5-6-16)24-21(27)31/h3-4,7-8,16H,5-6,9-14H2,1-2H3,(H,23,28)(H,24,31)/p+1/t22-/m0/s1. The molecule has 9 heteroatoms. The van der Waals surface area contributed by atoms with E-state index in [0.717, 1.165) is 33.9 Å². The van der Waals surface area contributed by atoms with E-state index in [2.05, 4.69) is 10.6 Å². The third-order valence-electron chi connectivity index (χ3n) is 6.56. The highest BCUT2D eigenvalue weighted by atomic mass is 16.2. The van der Waals surface area contributed by atoms with Crippen molar-refractivity contribution in [2.24, 2.45) is 5.92 Å². The van der Waals surface area contributed by atoms with Gasteiger partial charge in [0.05, 0.1) is 26.2 Å². The Morgan fingerprint density at radius 3 is 2.42 bits per heavy atom. The maximum atomic E-state index is 12.7. The molecule has 9 nitrogen and oxygen atoms in total. The number of aryl methyl sites for hydroxylation is 1. The number of carbonyl (C=O) groups excluding carboxylic acids is 4. The van der Waals surface area contributed by atoms with Crippen molar-refractivity contribution in [3.8, 4) is 0 Å².